The Bertz CT molecular complexity index is 882. The molecule has 5 nitrogen and oxygen atoms in total. The highest BCUT2D eigenvalue weighted by molar-refractivity contribution is 5.69. The van der Waals surface area contributed by atoms with Gasteiger partial charge in [0.2, 0.25) is 0 Å². The Morgan fingerprint density at radius 2 is 1.84 bits per heavy atom. The monoisotopic (exact) mass is 339 g/mol. The predicted molar refractivity (Wildman–Crippen MR) is 99.9 cm³/mol. The van der Waals surface area contributed by atoms with Gasteiger partial charge in [0.1, 0.15) is 0 Å². The van der Waals surface area contributed by atoms with Gasteiger partial charge in [0.25, 0.3) is 0 Å². The first-order valence-corrected chi connectivity index (χ1v) is 8.38. The van der Waals surface area contributed by atoms with Gasteiger partial charge in [-0.05, 0) is 38.0 Å². The van der Waals surface area contributed by atoms with Crippen molar-refractivity contribution < 1.29 is 9.47 Å². The Hall–Kier alpha value is -2.37. The molecule has 0 aliphatic heterocycles. The van der Waals surface area contributed by atoms with Crippen LogP contribution >= 0.6 is 0 Å². The van der Waals surface area contributed by atoms with E-state index in [2.05, 4.69) is 41.9 Å². The van der Waals surface area contributed by atoms with Crippen LogP contribution in [0.2, 0.25) is 0 Å². The van der Waals surface area contributed by atoms with Gasteiger partial charge in [-0.3, -0.25) is 0 Å². The molecule has 5 heteroatoms. The summed E-state index contributed by atoms with van der Waals surface area (Å²) in [6, 6.07) is 10.3. The van der Waals surface area contributed by atoms with Gasteiger partial charge in [0, 0.05) is 38.2 Å². The Kier molecular flexibility index (Phi) is 5.06. The van der Waals surface area contributed by atoms with Crippen LogP contribution in [0.25, 0.3) is 5.65 Å². The van der Waals surface area contributed by atoms with Crippen molar-refractivity contribution in [2.45, 2.75) is 33.6 Å². The third kappa shape index (κ3) is 3.38. The lowest BCUT2D eigenvalue weighted by atomic mass is 10.1. The Morgan fingerprint density at radius 1 is 1.12 bits per heavy atom. The number of aryl methyl sites for hydroxylation is 3. The molecule has 0 saturated heterocycles. The maximum absolute atomic E-state index is 5.42. The highest BCUT2D eigenvalue weighted by atomic mass is 16.7. The third-order valence-electron chi connectivity index (χ3n) is 4.54. The summed E-state index contributed by atoms with van der Waals surface area (Å²) in [6.07, 6.45) is 1.75. The van der Waals surface area contributed by atoms with Crippen LogP contribution in [-0.4, -0.2) is 23.6 Å². The van der Waals surface area contributed by atoms with E-state index in [1.807, 2.05) is 25.1 Å². The number of benzene rings is 1. The Morgan fingerprint density at radius 3 is 2.56 bits per heavy atom. The molecule has 0 spiro atoms. The van der Waals surface area contributed by atoms with Crippen molar-refractivity contribution in [3.05, 3.63) is 64.6 Å². The summed E-state index contributed by atoms with van der Waals surface area (Å²) in [5.41, 5.74) is 7.55. The topological polar surface area (TPSA) is 47.8 Å². The molecular weight excluding hydrogens is 314 g/mol. The zero-order chi connectivity index (χ0) is 18.0. The molecule has 0 aliphatic rings. The fourth-order valence-electron chi connectivity index (χ4n) is 3.10. The van der Waals surface area contributed by atoms with Gasteiger partial charge in [-0.25, -0.2) is 4.98 Å². The summed E-state index contributed by atoms with van der Waals surface area (Å²) in [7, 11) is 3.30. The lowest BCUT2D eigenvalue weighted by Gasteiger charge is -2.18. The fourth-order valence-corrected chi connectivity index (χ4v) is 3.10. The first-order valence-electron chi connectivity index (χ1n) is 8.38. The quantitative estimate of drug-likeness (QED) is 0.685. The molecule has 3 aromatic rings. The second-order valence-electron chi connectivity index (χ2n) is 6.26. The first kappa shape index (κ1) is 17.5. The number of methoxy groups -OCH3 is 2. The molecule has 0 unspecified atom stereocenters. The predicted octanol–water partition coefficient (Wildman–Crippen LogP) is 4.16. The molecule has 25 heavy (non-hydrogen) atoms. The number of ether oxygens (including phenoxy) is 2. The van der Waals surface area contributed by atoms with Crippen LogP contribution in [0.4, 0.5) is 5.69 Å². The van der Waals surface area contributed by atoms with Gasteiger partial charge in [-0.2, -0.15) is 0 Å². The van der Waals surface area contributed by atoms with E-state index in [9.17, 15) is 0 Å². The summed E-state index contributed by atoms with van der Waals surface area (Å²) >= 11 is 0. The van der Waals surface area contributed by atoms with E-state index in [0.29, 0.717) is 6.54 Å². The number of hydrogen-bond acceptors (Lipinski definition) is 4. The molecule has 132 valence electrons. The van der Waals surface area contributed by atoms with Crippen molar-refractivity contribution in [3.8, 4) is 0 Å². The highest BCUT2D eigenvalue weighted by Gasteiger charge is 2.14. The van der Waals surface area contributed by atoms with E-state index in [-0.39, 0.29) is 6.29 Å². The van der Waals surface area contributed by atoms with Crippen LogP contribution in [0.5, 0.6) is 0 Å². The Labute approximate surface area is 148 Å². The number of hydrogen-bond donors (Lipinski definition) is 1. The summed E-state index contributed by atoms with van der Waals surface area (Å²) in [4.78, 5) is 4.71. The average Bonchev–Trinajstić information content (AvgIpc) is 2.90. The van der Waals surface area contributed by atoms with Crippen molar-refractivity contribution in [3.63, 3.8) is 0 Å². The number of rotatable bonds is 6. The van der Waals surface area contributed by atoms with Gasteiger partial charge >= 0.3 is 0 Å². The zero-order valence-electron chi connectivity index (χ0n) is 15.5. The number of nitrogens with one attached hydrogen (secondary N) is 1. The van der Waals surface area contributed by atoms with E-state index in [0.717, 1.165) is 28.2 Å². The standard InChI is InChI=1S/C20H25N3O2/c1-13-10-18(19-22-14(2)15(3)23(19)12-13)21-11-16-8-6-7-9-17(16)20(24-4)25-5/h6-10,12,20-21H,11H2,1-5H3. The molecule has 0 aliphatic carbocycles. The third-order valence-corrected chi connectivity index (χ3v) is 4.54. The molecular formula is C20H25N3O2. The van der Waals surface area contributed by atoms with E-state index in [4.69, 9.17) is 14.5 Å². The molecule has 2 aromatic heterocycles. The normalized spacial score (nSPS) is 11.4. The van der Waals surface area contributed by atoms with E-state index in [1.54, 1.807) is 14.2 Å². The minimum absolute atomic E-state index is 0.369. The molecule has 0 atom stereocenters. The van der Waals surface area contributed by atoms with Crippen LogP contribution in [0.3, 0.4) is 0 Å². The Balaban J connectivity index is 1.93. The molecule has 2 heterocycles. The van der Waals surface area contributed by atoms with Crippen molar-refractivity contribution in [1.29, 1.82) is 0 Å². The zero-order valence-corrected chi connectivity index (χ0v) is 15.5. The summed E-state index contributed by atoms with van der Waals surface area (Å²) in [6.45, 7) is 6.90. The number of nitrogens with zero attached hydrogens (tertiary/aromatic N) is 2. The van der Waals surface area contributed by atoms with Gasteiger partial charge in [0.05, 0.1) is 11.4 Å². The van der Waals surface area contributed by atoms with Crippen LogP contribution in [0, 0.1) is 20.8 Å². The van der Waals surface area contributed by atoms with Gasteiger partial charge < -0.3 is 19.2 Å². The molecule has 0 saturated carbocycles. The lowest BCUT2D eigenvalue weighted by Crippen LogP contribution is -2.10. The SMILES string of the molecule is COC(OC)c1ccccc1CNc1cc(C)cn2c(C)c(C)nc12. The average molecular weight is 339 g/mol. The van der Waals surface area contributed by atoms with Gasteiger partial charge in [-0.15, -0.1) is 0 Å². The minimum Gasteiger partial charge on any atom is -0.378 e. The first-order chi connectivity index (χ1) is 12.0. The van der Waals surface area contributed by atoms with Crippen molar-refractivity contribution >= 4 is 11.3 Å². The molecule has 0 amide bonds. The number of aromatic nitrogens is 2. The number of pyridine rings is 1. The van der Waals surface area contributed by atoms with Crippen molar-refractivity contribution in [1.82, 2.24) is 9.38 Å². The maximum Gasteiger partial charge on any atom is 0.183 e. The van der Waals surface area contributed by atoms with Gasteiger partial charge in [0.15, 0.2) is 11.9 Å². The largest absolute Gasteiger partial charge is 0.378 e. The van der Waals surface area contributed by atoms with Crippen LogP contribution in [-0.2, 0) is 16.0 Å². The smallest absolute Gasteiger partial charge is 0.183 e. The van der Waals surface area contributed by atoms with Crippen LogP contribution in [0.15, 0.2) is 36.5 Å². The second kappa shape index (κ2) is 7.25. The lowest BCUT2D eigenvalue weighted by molar-refractivity contribution is -0.106. The van der Waals surface area contributed by atoms with E-state index in [1.165, 1.54) is 11.3 Å². The molecule has 3 rings (SSSR count). The van der Waals surface area contributed by atoms with Crippen molar-refractivity contribution in [2.75, 3.05) is 19.5 Å². The minimum atomic E-state index is -0.369. The maximum atomic E-state index is 5.42. The summed E-state index contributed by atoms with van der Waals surface area (Å²) < 4.78 is 13.0. The van der Waals surface area contributed by atoms with Crippen molar-refractivity contribution in [2.24, 2.45) is 0 Å². The van der Waals surface area contributed by atoms with Crippen LogP contribution in [0.1, 0.15) is 34.4 Å². The number of imidazole rings is 1. The molecule has 0 radical (unpaired) electrons. The number of anilines is 1. The summed E-state index contributed by atoms with van der Waals surface area (Å²) in [5.74, 6) is 0. The number of fused-ring (bicyclic) bond motifs is 1. The fraction of sp³-hybridized carbons (Fsp3) is 0.350. The van der Waals surface area contributed by atoms with Gasteiger partial charge in [-0.1, -0.05) is 24.3 Å². The molecule has 1 N–H and O–H groups in total. The van der Waals surface area contributed by atoms with Crippen LogP contribution < -0.4 is 5.32 Å². The van der Waals surface area contributed by atoms with E-state index < -0.39 is 0 Å². The molecule has 0 bridgehead atoms. The highest BCUT2D eigenvalue weighted by Crippen LogP contribution is 2.25. The second-order valence-corrected chi connectivity index (χ2v) is 6.26. The molecule has 0 fully saturated rings. The van der Waals surface area contributed by atoms with E-state index >= 15 is 0 Å². The molecule has 1 aromatic carbocycles. The summed E-state index contributed by atoms with van der Waals surface area (Å²) in [5, 5.41) is 3.53.